The number of aliphatic hydroxyl groups is 2. The van der Waals surface area contributed by atoms with Gasteiger partial charge in [-0.1, -0.05) is 301 Å². The lowest BCUT2D eigenvalue weighted by Gasteiger charge is -2.20. The second-order valence-corrected chi connectivity index (χ2v) is 20.1. The molecule has 0 bridgehead atoms. The van der Waals surface area contributed by atoms with Gasteiger partial charge in [-0.25, -0.2) is 0 Å². The van der Waals surface area contributed by atoms with Gasteiger partial charge in [0.25, 0.3) is 0 Å². The maximum absolute atomic E-state index is 12.4. The Kier molecular flexibility index (Phi) is 54.2. The molecule has 0 aliphatic rings. The lowest BCUT2D eigenvalue weighted by atomic mass is 10.0. The van der Waals surface area contributed by atoms with Gasteiger partial charge in [0, 0.05) is 6.42 Å². The van der Waals surface area contributed by atoms with Crippen LogP contribution in [0, 0.1) is 0 Å². The Bertz CT molecular complexity index is 916. The van der Waals surface area contributed by atoms with E-state index in [9.17, 15) is 15.0 Å². The van der Waals surface area contributed by atoms with Crippen LogP contribution < -0.4 is 5.32 Å². The van der Waals surface area contributed by atoms with Crippen LogP contribution in [0.15, 0.2) is 24.3 Å². The molecule has 0 heterocycles. The summed E-state index contributed by atoms with van der Waals surface area (Å²) in [6, 6.07) is -0.618. The third-order valence-corrected chi connectivity index (χ3v) is 13.7. The van der Waals surface area contributed by atoms with Crippen molar-refractivity contribution in [3.63, 3.8) is 0 Å². The SMILES string of the molecule is CCCCCCCCCCCC/C=C/C(O)C(CO)NC(=O)CCCCCCCCCCCCCCCCCCC/C=C\CCCCCCCCCCCCCCCCCCCC. The normalized spacial score (nSPS) is 12.9. The van der Waals surface area contributed by atoms with E-state index in [1.165, 1.54) is 283 Å². The summed E-state index contributed by atoms with van der Waals surface area (Å²) in [5, 5.41) is 23.0. The highest BCUT2D eigenvalue weighted by atomic mass is 16.3. The van der Waals surface area contributed by atoms with Crippen LogP contribution in [-0.4, -0.2) is 34.9 Å². The van der Waals surface area contributed by atoms with E-state index in [2.05, 4.69) is 31.3 Å². The second kappa shape index (κ2) is 55.2. The first kappa shape index (κ1) is 61.9. The predicted molar refractivity (Wildman–Crippen MR) is 281 cm³/mol. The molecule has 4 heteroatoms. The van der Waals surface area contributed by atoms with Crippen molar-refractivity contribution in [1.29, 1.82) is 0 Å². The zero-order chi connectivity index (χ0) is 45.6. The molecular weight excluding hydrogens is 771 g/mol. The van der Waals surface area contributed by atoms with Crippen molar-refractivity contribution >= 4 is 5.91 Å². The molecule has 1 amide bonds. The van der Waals surface area contributed by atoms with E-state index in [0.717, 1.165) is 25.7 Å². The van der Waals surface area contributed by atoms with Crippen molar-refractivity contribution in [2.45, 2.75) is 341 Å². The number of rotatable bonds is 54. The van der Waals surface area contributed by atoms with Gasteiger partial charge in [-0.05, 0) is 44.9 Å². The summed E-state index contributed by atoms with van der Waals surface area (Å²) >= 11 is 0. The van der Waals surface area contributed by atoms with Crippen molar-refractivity contribution in [3.8, 4) is 0 Å². The second-order valence-electron chi connectivity index (χ2n) is 20.1. The Balaban J connectivity index is 3.36. The zero-order valence-corrected chi connectivity index (χ0v) is 43.1. The van der Waals surface area contributed by atoms with E-state index >= 15 is 0 Å². The Morgan fingerprint density at radius 3 is 0.873 bits per heavy atom. The number of carbonyl (C=O) groups is 1. The number of aliphatic hydroxyl groups excluding tert-OH is 2. The van der Waals surface area contributed by atoms with Crippen LogP contribution in [0.4, 0.5) is 0 Å². The zero-order valence-electron chi connectivity index (χ0n) is 43.1. The third kappa shape index (κ3) is 51.7. The monoisotopic (exact) mass is 886 g/mol. The lowest BCUT2D eigenvalue weighted by Crippen LogP contribution is -2.45. The number of allylic oxidation sites excluding steroid dienone is 3. The summed E-state index contributed by atoms with van der Waals surface area (Å²) in [5.41, 5.74) is 0. The summed E-state index contributed by atoms with van der Waals surface area (Å²) in [7, 11) is 0. The topological polar surface area (TPSA) is 69.6 Å². The minimum atomic E-state index is -0.835. The molecule has 0 fully saturated rings. The maximum atomic E-state index is 12.4. The van der Waals surface area contributed by atoms with Gasteiger partial charge in [-0.3, -0.25) is 4.79 Å². The molecule has 0 aromatic heterocycles. The van der Waals surface area contributed by atoms with Gasteiger partial charge < -0.3 is 15.5 Å². The number of carbonyl (C=O) groups excluding carboxylic acids is 1. The van der Waals surface area contributed by atoms with Gasteiger partial charge in [0.05, 0.1) is 18.8 Å². The average Bonchev–Trinajstić information content (AvgIpc) is 3.29. The van der Waals surface area contributed by atoms with Crippen LogP contribution in [0.25, 0.3) is 0 Å². The van der Waals surface area contributed by atoms with Crippen molar-refractivity contribution in [1.82, 2.24) is 5.32 Å². The van der Waals surface area contributed by atoms with E-state index in [4.69, 9.17) is 0 Å². The fraction of sp³-hybridized carbons (Fsp3) is 0.915. The molecule has 374 valence electrons. The average molecular weight is 887 g/mol. The first-order valence-corrected chi connectivity index (χ1v) is 29.1. The molecular formula is C59H115NO3. The minimum absolute atomic E-state index is 0.0598. The molecule has 0 aromatic carbocycles. The Hall–Kier alpha value is -1.13. The van der Waals surface area contributed by atoms with Crippen molar-refractivity contribution in [3.05, 3.63) is 24.3 Å². The fourth-order valence-corrected chi connectivity index (χ4v) is 9.24. The molecule has 0 rings (SSSR count). The molecule has 0 saturated carbocycles. The number of amides is 1. The molecule has 0 saturated heterocycles. The minimum Gasteiger partial charge on any atom is -0.394 e. The van der Waals surface area contributed by atoms with E-state index in [1.807, 2.05) is 6.08 Å². The molecule has 2 atom stereocenters. The maximum Gasteiger partial charge on any atom is 0.220 e. The third-order valence-electron chi connectivity index (χ3n) is 13.7. The van der Waals surface area contributed by atoms with Gasteiger partial charge in [0.1, 0.15) is 0 Å². The Morgan fingerprint density at radius 1 is 0.365 bits per heavy atom. The fourth-order valence-electron chi connectivity index (χ4n) is 9.24. The van der Waals surface area contributed by atoms with E-state index < -0.39 is 12.1 Å². The van der Waals surface area contributed by atoms with Crippen molar-refractivity contribution < 1.29 is 15.0 Å². The van der Waals surface area contributed by atoms with Gasteiger partial charge in [0.2, 0.25) is 5.91 Å². The summed E-state index contributed by atoms with van der Waals surface area (Å²) in [5.74, 6) is -0.0598. The van der Waals surface area contributed by atoms with Gasteiger partial charge in [-0.15, -0.1) is 0 Å². The molecule has 4 nitrogen and oxygen atoms in total. The summed E-state index contributed by atoms with van der Waals surface area (Å²) < 4.78 is 0. The lowest BCUT2D eigenvalue weighted by molar-refractivity contribution is -0.123. The summed E-state index contributed by atoms with van der Waals surface area (Å²) in [6.07, 6.45) is 73.7. The van der Waals surface area contributed by atoms with Crippen LogP contribution in [-0.2, 0) is 4.79 Å². The standard InChI is InChI=1S/C59H115NO3/c1-3-5-7-9-11-13-15-17-18-19-20-21-22-23-24-25-26-27-28-29-30-31-32-33-34-35-36-37-38-39-40-41-42-43-45-47-49-51-53-55-59(63)60-57(56-61)58(62)54-52-50-48-46-44-16-14-12-10-8-6-4-2/h29-30,52,54,57-58,61-62H,3-28,31-51,53,55-56H2,1-2H3,(H,60,63)/b30-29-,54-52+. The summed E-state index contributed by atoms with van der Waals surface area (Å²) in [6.45, 7) is 4.33. The van der Waals surface area contributed by atoms with Crippen LogP contribution in [0.3, 0.4) is 0 Å². The largest absolute Gasteiger partial charge is 0.394 e. The van der Waals surface area contributed by atoms with Crippen LogP contribution in [0.1, 0.15) is 328 Å². The van der Waals surface area contributed by atoms with Crippen molar-refractivity contribution in [2.75, 3.05) is 6.61 Å². The van der Waals surface area contributed by atoms with E-state index in [0.29, 0.717) is 6.42 Å². The van der Waals surface area contributed by atoms with Gasteiger partial charge >= 0.3 is 0 Å². The highest BCUT2D eigenvalue weighted by Crippen LogP contribution is 2.18. The first-order valence-electron chi connectivity index (χ1n) is 29.1. The van der Waals surface area contributed by atoms with Crippen molar-refractivity contribution in [2.24, 2.45) is 0 Å². The molecule has 63 heavy (non-hydrogen) atoms. The molecule has 2 unspecified atom stereocenters. The van der Waals surface area contributed by atoms with E-state index in [1.54, 1.807) is 6.08 Å². The molecule has 0 aliphatic heterocycles. The van der Waals surface area contributed by atoms with E-state index in [-0.39, 0.29) is 12.5 Å². The summed E-state index contributed by atoms with van der Waals surface area (Å²) in [4.78, 5) is 12.4. The molecule has 0 aromatic rings. The number of unbranched alkanes of at least 4 members (excludes halogenated alkanes) is 45. The quantitative estimate of drug-likeness (QED) is 0.0421. The number of hydrogen-bond acceptors (Lipinski definition) is 3. The van der Waals surface area contributed by atoms with Crippen LogP contribution in [0.5, 0.6) is 0 Å². The Morgan fingerprint density at radius 2 is 0.603 bits per heavy atom. The van der Waals surface area contributed by atoms with Crippen LogP contribution >= 0.6 is 0 Å². The number of nitrogens with one attached hydrogen (secondary N) is 1. The molecule has 0 radical (unpaired) electrons. The van der Waals surface area contributed by atoms with Crippen LogP contribution in [0.2, 0.25) is 0 Å². The Labute approximate surface area is 396 Å². The molecule has 0 aliphatic carbocycles. The van der Waals surface area contributed by atoms with Gasteiger partial charge in [-0.2, -0.15) is 0 Å². The number of hydrogen-bond donors (Lipinski definition) is 3. The smallest absolute Gasteiger partial charge is 0.220 e. The highest BCUT2D eigenvalue weighted by molar-refractivity contribution is 5.76. The highest BCUT2D eigenvalue weighted by Gasteiger charge is 2.18. The predicted octanol–water partition coefficient (Wildman–Crippen LogP) is 19.1. The van der Waals surface area contributed by atoms with Gasteiger partial charge in [0.15, 0.2) is 0 Å². The first-order chi connectivity index (χ1) is 31.2. The molecule has 3 N–H and O–H groups in total. The molecule has 0 spiro atoms.